The average Bonchev–Trinajstić information content (AvgIpc) is 2.93. The number of pyridine rings is 1. The number of halogens is 1. The van der Waals surface area contributed by atoms with E-state index < -0.39 is 0 Å². The number of amides is 1. The Balaban J connectivity index is 1.34. The third-order valence-electron chi connectivity index (χ3n) is 5.08. The lowest BCUT2D eigenvalue weighted by atomic mass is 9.99. The van der Waals surface area contributed by atoms with Crippen molar-refractivity contribution in [3.8, 4) is 11.6 Å². The Morgan fingerprint density at radius 1 is 1.12 bits per heavy atom. The van der Waals surface area contributed by atoms with Crippen LogP contribution in [0.15, 0.2) is 48.7 Å². The number of benzene rings is 1. The molecule has 2 aliphatic rings. The summed E-state index contributed by atoms with van der Waals surface area (Å²) in [6, 6.07) is 11.7. The fourth-order valence-corrected chi connectivity index (χ4v) is 3.97. The minimum absolute atomic E-state index is 0.0156. The van der Waals surface area contributed by atoms with Crippen LogP contribution in [-0.2, 0) is 4.79 Å². The summed E-state index contributed by atoms with van der Waals surface area (Å²) in [7, 11) is 0. The van der Waals surface area contributed by atoms with E-state index in [4.69, 9.17) is 9.47 Å². The van der Waals surface area contributed by atoms with Crippen molar-refractivity contribution in [2.45, 2.75) is 43.9 Å². The van der Waals surface area contributed by atoms with Crippen molar-refractivity contribution in [3.05, 3.63) is 54.5 Å². The summed E-state index contributed by atoms with van der Waals surface area (Å²) in [4.78, 5) is 18.8. The fraction of sp³-hybridized carbons (Fsp3) is 0.400. The maximum atomic E-state index is 12.9. The van der Waals surface area contributed by atoms with E-state index in [9.17, 15) is 9.18 Å². The number of ether oxygens (including phenoxy) is 2. The number of piperidine rings is 1. The first kappa shape index (κ1) is 16.8. The number of nitrogens with zero attached hydrogens (tertiary/aromatic N) is 2. The molecule has 2 fully saturated rings. The molecule has 0 N–H and O–H groups in total. The summed E-state index contributed by atoms with van der Waals surface area (Å²) in [5.74, 6) is 0.798. The summed E-state index contributed by atoms with van der Waals surface area (Å²) in [6.45, 7) is -0.0234. The molecule has 26 heavy (non-hydrogen) atoms. The van der Waals surface area contributed by atoms with Gasteiger partial charge in [0.25, 0.3) is 5.91 Å². The lowest BCUT2D eigenvalue weighted by Gasteiger charge is -2.38. The van der Waals surface area contributed by atoms with Gasteiger partial charge in [-0.15, -0.1) is 0 Å². The van der Waals surface area contributed by atoms with Crippen LogP contribution in [0.3, 0.4) is 0 Å². The maximum absolute atomic E-state index is 12.9. The molecule has 1 amide bonds. The zero-order valence-electron chi connectivity index (χ0n) is 14.4. The molecule has 0 radical (unpaired) electrons. The van der Waals surface area contributed by atoms with Crippen molar-refractivity contribution in [1.29, 1.82) is 0 Å². The van der Waals surface area contributed by atoms with Gasteiger partial charge in [-0.2, -0.15) is 0 Å². The number of carbonyl (C=O) groups is 1. The first-order valence-electron chi connectivity index (χ1n) is 8.96. The normalized spacial score (nSPS) is 24.3. The molecule has 2 bridgehead atoms. The van der Waals surface area contributed by atoms with Crippen LogP contribution in [-0.4, -0.2) is 40.6 Å². The highest BCUT2D eigenvalue weighted by Gasteiger charge is 2.44. The highest BCUT2D eigenvalue weighted by molar-refractivity contribution is 5.79. The van der Waals surface area contributed by atoms with Gasteiger partial charge in [-0.1, -0.05) is 6.07 Å². The third kappa shape index (κ3) is 3.64. The Hall–Kier alpha value is -2.63. The molecular weight excluding hydrogens is 335 g/mol. The maximum Gasteiger partial charge on any atom is 0.261 e. The number of hydrogen-bond acceptors (Lipinski definition) is 4. The lowest BCUT2D eigenvalue weighted by Crippen LogP contribution is -2.50. The molecule has 0 spiro atoms. The molecule has 3 heterocycles. The number of fused-ring (bicyclic) bond motifs is 2. The van der Waals surface area contributed by atoms with Gasteiger partial charge in [0.2, 0.25) is 5.88 Å². The second-order valence-corrected chi connectivity index (χ2v) is 6.81. The van der Waals surface area contributed by atoms with Crippen molar-refractivity contribution in [2.24, 2.45) is 0 Å². The number of hydrogen-bond donors (Lipinski definition) is 0. The topological polar surface area (TPSA) is 51.7 Å². The van der Waals surface area contributed by atoms with Crippen LogP contribution < -0.4 is 9.47 Å². The quantitative estimate of drug-likeness (QED) is 0.826. The van der Waals surface area contributed by atoms with Crippen LogP contribution in [0.5, 0.6) is 11.6 Å². The summed E-state index contributed by atoms with van der Waals surface area (Å²) in [5.41, 5.74) is 0. The predicted octanol–water partition coefficient (Wildman–Crippen LogP) is 3.20. The van der Waals surface area contributed by atoms with E-state index in [0.717, 1.165) is 25.7 Å². The lowest BCUT2D eigenvalue weighted by molar-refractivity contribution is -0.139. The Morgan fingerprint density at radius 3 is 2.50 bits per heavy atom. The molecule has 1 aromatic carbocycles. The highest BCUT2D eigenvalue weighted by atomic mass is 19.1. The van der Waals surface area contributed by atoms with Gasteiger partial charge in [0.05, 0.1) is 0 Å². The van der Waals surface area contributed by atoms with Gasteiger partial charge in [-0.05, 0) is 43.2 Å². The molecule has 2 atom stereocenters. The van der Waals surface area contributed by atoms with Gasteiger partial charge in [0.15, 0.2) is 6.61 Å². The molecule has 2 aliphatic heterocycles. The van der Waals surface area contributed by atoms with Crippen molar-refractivity contribution < 1.29 is 18.7 Å². The zero-order valence-corrected chi connectivity index (χ0v) is 14.4. The second-order valence-electron chi connectivity index (χ2n) is 6.81. The van der Waals surface area contributed by atoms with Crippen LogP contribution in [0.2, 0.25) is 0 Å². The molecule has 5 nitrogen and oxygen atoms in total. The van der Waals surface area contributed by atoms with E-state index in [1.807, 2.05) is 23.1 Å². The van der Waals surface area contributed by atoms with Crippen LogP contribution >= 0.6 is 0 Å². The Bertz CT molecular complexity index is 739. The monoisotopic (exact) mass is 356 g/mol. The summed E-state index contributed by atoms with van der Waals surface area (Å²) in [6.07, 6.45) is 5.42. The van der Waals surface area contributed by atoms with Crippen molar-refractivity contribution in [3.63, 3.8) is 0 Å². The Kier molecular flexibility index (Phi) is 4.73. The molecule has 4 rings (SSSR count). The van der Waals surface area contributed by atoms with Gasteiger partial charge < -0.3 is 14.4 Å². The van der Waals surface area contributed by atoms with Gasteiger partial charge in [-0.3, -0.25) is 4.79 Å². The van der Waals surface area contributed by atoms with Crippen molar-refractivity contribution >= 4 is 5.91 Å². The minimum atomic E-state index is -0.323. The van der Waals surface area contributed by atoms with Gasteiger partial charge in [-0.25, -0.2) is 9.37 Å². The van der Waals surface area contributed by atoms with E-state index in [-0.39, 0.29) is 36.5 Å². The first-order chi connectivity index (χ1) is 12.7. The summed E-state index contributed by atoms with van der Waals surface area (Å²) < 4.78 is 24.4. The average molecular weight is 356 g/mol. The number of carbonyl (C=O) groups excluding carboxylic acids is 1. The standard InChI is InChI=1S/C20H21FN2O3/c21-14-4-8-17(9-5-14)25-13-20(24)23-15-6-7-16(23)12-18(11-15)26-19-3-1-2-10-22-19/h1-5,8-10,15-16,18H,6-7,11-13H2. The van der Waals surface area contributed by atoms with Crippen LogP contribution in [0.1, 0.15) is 25.7 Å². The first-order valence-corrected chi connectivity index (χ1v) is 8.96. The summed E-state index contributed by atoms with van der Waals surface area (Å²) >= 11 is 0. The predicted molar refractivity (Wildman–Crippen MR) is 93.4 cm³/mol. The van der Waals surface area contributed by atoms with Crippen molar-refractivity contribution in [1.82, 2.24) is 9.88 Å². The highest BCUT2D eigenvalue weighted by Crippen LogP contribution is 2.37. The van der Waals surface area contributed by atoms with Crippen LogP contribution in [0, 0.1) is 5.82 Å². The second kappa shape index (κ2) is 7.32. The minimum Gasteiger partial charge on any atom is -0.484 e. The molecule has 0 aliphatic carbocycles. The fourth-order valence-electron chi connectivity index (χ4n) is 3.97. The van der Waals surface area contributed by atoms with E-state index >= 15 is 0 Å². The number of aromatic nitrogens is 1. The Labute approximate surface area is 151 Å². The van der Waals surface area contributed by atoms with Crippen LogP contribution in [0.25, 0.3) is 0 Å². The van der Waals surface area contributed by atoms with Gasteiger partial charge in [0.1, 0.15) is 17.7 Å². The SMILES string of the molecule is O=C(COc1ccc(F)cc1)N1C2CCC1CC(Oc1ccccn1)C2. The molecule has 2 aromatic rings. The molecule has 136 valence electrons. The number of rotatable bonds is 5. The van der Waals surface area contributed by atoms with E-state index in [0.29, 0.717) is 11.6 Å². The Morgan fingerprint density at radius 2 is 1.85 bits per heavy atom. The van der Waals surface area contributed by atoms with Crippen molar-refractivity contribution in [2.75, 3.05) is 6.61 Å². The molecular formula is C20H21FN2O3. The molecule has 2 saturated heterocycles. The molecule has 1 aromatic heterocycles. The van der Waals surface area contributed by atoms with Gasteiger partial charge in [0, 0.05) is 37.2 Å². The molecule has 6 heteroatoms. The van der Waals surface area contributed by atoms with E-state index in [1.165, 1.54) is 24.3 Å². The molecule has 2 unspecified atom stereocenters. The largest absolute Gasteiger partial charge is 0.484 e. The summed E-state index contributed by atoms with van der Waals surface area (Å²) in [5, 5.41) is 0. The van der Waals surface area contributed by atoms with Crippen LogP contribution in [0.4, 0.5) is 4.39 Å². The van der Waals surface area contributed by atoms with E-state index in [2.05, 4.69) is 4.98 Å². The smallest absolute Gasteiger partial charge is 0.261 e. The zero-order chi connectivity index (χ0) is 17.9. The third-order valence-corrected chi connectivity index (χ3v) is 5.08. The molecule has 0 saturated carbocycles. The van der Waals surface area contributed by atoms with E-state index in [1.54, 1.807) is 6.20 Å². The van der Waals surface area contributed by atoms with Gasteiger partial charge >= 0.3 is 0 Å².